The largest absolute Gasteiger partial charge is 0.394 e. The zero-order valence-electron chi connectivity index (χ0n) is 8.09. The monoisotopic (exact) mass is 221 g/mol. The van der Waals surface area contributed by atoms with Crippen molar-refractivity contribution in [1.29, 1.82) is 0 Å². The molecule has 1 rings (SSSR count). The lowest BCUT2D eigenvalue weighted by Crippen LogP contribution is -2.54. The molecule has 0 spiro atoms. The highest BCUT2D eigenvalue weighted by Gasteiger charge is 2.33. The van der Waals surface area contributed by atoms with Gasteiger partial charge in [-0.2, -0.15) is 0 Å². The molecule has 14 heavy (non-hydrogen) atoms. The lowest BCUT2D eigenvalue weighted by atomic mass is 9.91. The molecule has 1 saturated heterocycles. The van der Waals surface area contributed by atoms with Gasteiger partial charge in [-0.05, 0) is 12.8 Å². The van der Waals surface area contributed by atoms with E-state index in [1.807, 2.05) is 0 Å². The van der Waals surface area contributed by atoms with E-state index >= 15 is 0 Å². The zero-order valence-corrected chi connectivity index (χ0v) is 8.85. The van der Waals surface area contributed by atoms with Crippen molar-refractivity contribution < 1.29 is 14.6 Å². The van der Waals surface area contributed by atoms with Crippen LogP contribution in [0.4, 0.5) is 0 Å². The lowest BCUT2D eigenvalue weighted by molar-refractivity contribution is -0.124. The van der Waals surface area contributed by atoms with Gasteiger partial charge in [0.25, 0.3) is 0 Å². The van der Waals surface area contributed by atoms with Crippen molar-refractivity contribution >= 4 is 17.5 Å². The second kappa shape index (κ2) is 5.53. The number of carbonyl (C=O) groups excluding carboxylic acids is 1. The van der Waals surface area contributed by atoms with E-state index in [9.17, 15) is 9.90 Å². The second-order valence-electron chi connectivity index (χ2n) is 3.54. The molecule has 0 saturated carbocycles. The summed E-state index contributed by atoms with van der Waals surface area (Å²) < 4.78 is 5.18. The van der Waals surface area contributed by atoms with Crippen molar-refractivity contribution in [2.24, 2.45) is 0 Å². The number of amides is 1. The van der Waals surface area contributed by atoms with Gasteiger partial charge >= 0.3 is 0 Å². The molecule has 0 aromatic rings. The molecule has 82 valence electrons. The predicted octanol–water partition coefficient (Wildman–Crippen LogP) is 0.273. The summed E-state index contributed by atoms with van der Waals surface area (Å²) in [6.45, 7) is 1.13. The molecule has 0 radical (unpaired) electrons. The lowest BCUT2D eigenvalue weighted by Gasteiger charge is -2.36. The third-order valence-corrected chi connectivity index (χ3v) is 2.67. The van der Waals surface area contributed by atoms with E-state index < -0.39 is 5.54 Å². The van der Waals surface area contributed by atoms with Gasteiger partial charge < -0.3 is 15.2 Å². The molecule has 0 aromatic heterocycles. The topological polar surface area (TPSA) is 58.6 Å². The van der Waals surface area contributed by atoms with Crippen LogP contribution in [-0.4, -0.2) is 42.3 Å². The van der Waals surface area contributed by atoms with Gasteiger partial charge in [-0.25, -0.2) is 0 Å². The highest BCUT2D eigenvalue weighted by Crippen LogP contribution is 2.20. The number of aliphatic hydroxyl groups is 1. The number of hydrogen-bond acceptors (Lipinski definition) is 3. The standard InChI is InChI=1S/C9H16ClNO3/c10-4-1-8(13)11-9(7-12)2-5-14-6-3-9/h12H,1-7H2,(H,11,13). The minimum atomic E-state index is -0.485. The average molecular weight is 222 g/mol. The highest BCUT2D eigenvalue weighted by molar-refractivity contribution is 6.18. The first kappa shape index (κ1) is 11.8. The van der Waals surface area contributed by atoms with Crippen LogP contribution in [0.25, 0.3) is 0 Å². The molecule has 1 aliphatic rings. The van der Waals surface area contributed by atoms with Gasteiger partial charge in [-0.15, -0.1) is 11.6 Å². The Bertz CT molecular complexity index is 192. The summed E-state index contributed by atoms with van der Waals surface area (Å²) in [5.41, 5.74) is -0.485. The van der Waals surface area contributed by atoms with Crippen molar-refractivity contribution in [1.82, 2.24) is 5.32 Å². The van der Waals surface area contributed by atoms with Crippen LogP contribution in [-0.2, 0) is 9.53 Å². The maximum atomic E-state index is 11.3. The first-order valence-electron chi connectivity index (χ1n) is 4.78. The number of halogens is 1. The Morgan fingerprint density at radius 3 is 2.64 bits per heavy atom. The summed E-state index contributed by atoms with van der Waals surface area (Å²) in [4.78, 5) is 11.3. The fraction of sp³-hybridized carbons (Fsp3) is 0.889. The molecule has 1 amide bonds. The Morgan fingerprint density at radius 2 is 2.14 bits per heavy atom. The van der Waals surface area contributed by atoms with Crippen LogP contribution in [0.15, 0.2) is 0 Å². The van der Waals surface area contributed by atoms with Crippen molar-refractivity contribution in [3.63, 3.8) is 0 Å². The van der Waals surface area contributed by atoms with Gasteiger partial charge in [0, 0.05) is 25.5 Å². The molecule has 1 fully saturated rings. The van der Waals surface area contributed by atoms with E-state index in [-0.39, 0.29) is 12.5 Å². The molecule has 1 heterocycles. The van der Waals surface area contributed by atoms with Crippen LogP contribution in [0.3, 0.4) is 0 Å². The van der Waals surface area contributed by atoms with Gasteiger partial charge in [0.2, 0.25) is 5.91 Å². The molecular formula is C9H16ClNO3. The van der Waals surface area contributed by atoms with E-state index in [1.165, 1.54) is 0 Å². The number of alkyl halides is 1. The van der Waals surface area contributed by atoms with Crippen LogP contribution >= 0.6 is 11.6 Å². The summed E-state index contributed by atoms with van der Waals surface area (Å²) in [6, 6.07) is 0. The van der Waals surface area contributed by atoms with Crippen LogP contribution in [0, 0.1) is 0 Å². The number of aliphatic hydroxyl groups excluding tert-OH is 1. The fourth-order valence-corrected chi connectivity index (χ4v) is 1.70. The Hall–Kier alpha value is -0.320. The van der Waals surface area contributed by atoms with Crippen LogP contribution in [0.5, 0.6) is 0 Å². The van der Waals surface area contributed by atoms with Gasteiger partial charge in [0.1, 0.15) is 0 Å². The molecule has 0 aliphatic carbocycles. The quantitative estimate of drug-likeness (QED) is 0.671. The molecule has 0 bridgehead atoms. The summed E-state index contributed by atoms with van der Waals surface area (Å²) in [5.74, 6) is 0.208. The molecule has 0 aromatic carbocycles. The Labute approximate surface area is 88.6 Å². The van der Waals surface area contributed by atoms with E-state index in [2.05, 4.69) is 5.32 Å². The van der Waals surface area contributed by atoms with Gasteiger partial charge in [0.05, 0.1) is 12.1 Å². The molecule has 4 nitrogen and oxygen atoms in total. The fourth-order valence-electron chi connectivity index (χ4n) is 1.53. The summed E-state index contributed by atoms with van der Waals surface area (Å²) in [5, 5.41) is 12.1. The van der Waals surface area contributed by atoms with Crippen molar-refractivity contribution in [2.45, 2.75) is 24.8 Å². The Morgan fingerprint density at radius 1 is 1.50 bits per heavy atom. The van der Waals surface area contributed by atoms with E-state index in [1.54, 1.807) is 0 Å². The summed E-state index contributed by atoms with van der Waals surface area (Å²) in [6.07, 6.45) is 1.62. The van der Waals surface area contributed by atoms with Crippen molar-refractivity contribution in [2.75, 3.05) is 25.7 Å². The normalized spacial score (nSPS) is 20.4. The van der Waals surface area contributed by atoms with Crippen LogP contribution in [0.2, 0.25) is 0 Å². The predicted molar refractivity (Wildman–Crippen MR) is 53.3 cm³/mol. The Balaban J connectivity index is 2.47. The van der Waals surface area contributed by atoms with Gasteiger partial charge in [0.15, 0.2) is 0 Å². The maximum absolute atomic E-state index is 11.3. The smallest absolute Gasteiger partial charge is 0.221 e. The minimum absolute atomic E-state index is 0.0373. The third-order valence-electron chi connectivity index (χ3n) is 2.48. The number of hydrogen-bond donors (Lipinski definition) is 2. The Kier molecular flexibility index (Phi) is 4.65. The molecule has 2 N–H and O–H groups in total. The molecule has 0 atom stereocenters. The van der Waals surface area contributed by atoms with Crippen LogP contribution < -0.4 is 5.32 Å². The first-order valence-corrected chi connectivity index (χ1v) is 5.31. The number of nitrogens with one attached hydrogen (secondary N) is 1. The number of rotatable bonds is 4. The minimum Gasteiger partial charge on any atom is -0.394 e. The molecule has 5 heteroatoms. The molecular weight excluding hydrogens is 206 g/mol. The second-order valence-corrected chi connectivity index (χ2v) is 3.92. The number of carbonyl (C=O) groups is 1. The third kappa shape index (κ3) is 3.12. The maximum Gasteiger partial charge on any atom is 0.221 e. The van der Waals surface area contributed by atoms with Crippen LogP contribution in [0.1, 0.15) is 19.3 Å². The SMILES string of the molecule is O=C(CCCl)NC1(CO)CCOCC1. The summed E-state index contributed by atoms with van der Waals surface area (Å²) >= 11 is 5.45. The average Bonchev–Trinajstić information content (AvgIpc) is 2.19. The highest BCUT2D eigenvalue weighted by atomic mass is 35.5. The van der Waals surface area contributed by atoms with Crippen molar-refractivity contribution in [3.05, 3.63) is 0 Å². The van der Waals surface area contributed by atoms with E-state index in [0.29, 0.717) is 38.4 Å². The first-order chi connectivity index (χ1) is 6.72. The number of ether oxygens (including phenoxy) is 1. The molecule has 1 aliphatic heterocycles. The van der Waals surface area contributed by atoms with Crippen molar-refractivity contribution in [3.8, 4) is 0 Å². The van der Waals surface area contributed by atoms with E-state index in [0.717, 1.165) is 0 Å². The van der Waals surface area contributed by atoms with Gasteiger partial charge in [-0.3, -0.25) is 4.79 Å². The zero-order chi connectivity index (χ0) is 10.4. The van der Waals surface area contributed by atoms with Gasteiger partial charge in [-0.1, -0.05) is 0 Å². The molecule has 0 unspecified atom stereocenters. The van der Waals surface area contributed by atoms with E-state index in [4.69, 9.17) is 16.3 Å². The summed E-state index contributed by atoms with van der Waals surface area (Å²) in [7, 11) is 0.